The van der Waals surface area contributed by atoms with Gasteiger partial charge in [0.15, 0.2) is 0 Å². The number of hydrogen-bond donors (Lipinski definition) is 3. The van der Waals surface area contributed by atoms with Gasteiger partial charge < -0.3 is 20.9 Å². The highest BCUT2D eigenvalue weighted by molar-refractivity contribution is 5.82. The van der Waals surface area contributed by atoms with Gasteiger partial charge in [-0.05, 0) is 45.1 Å². The fraction of sp³-hybridized carbons (Fsp3) is 0.882. The van der Waals surface area contributed by atoms with E-state index in [1.54, 1.807) is 0 Å². The molecule has 3 N–H and O–H groups in total. The highest BCUT2D eigenvalue weighted by atomic mass is 16.2. The molecular formula is C17H30N4O2. The largest absolute Gasteiger partial charge is 0.341 e. The van der Waals surface area contributed by atoms with Crippen LogP contribution in [-0.2, 0) is 4.79 Å². The third kappa shape index (κ3) is 4.59. The first-order chi connectivity index (χ1) is 11.2. The van der Waals surface area contributed by atoms with Crippen LogP contribution in [0.2, 0.25) is 0 Å². The van der Waals surface area contributed by atoms with E-state index in [1.165, 1.54) is 19.3 Å². The van der Waals surface area contributed by atoms with E-state index in [9.17, 15) is 9.59 Å². The number of piperidine rings is 1. The van der Waals surface area contributed by atoms with Crippen LogP contribution in [0.15, 0.2) is 0 Å². The summed E-state index contributed by atoms with van der Waals surface area (Å²) in [5.41, 5.74) is 0. The number of amides is 3. The fourth-order valence-electron chi connectivity index (χ4n) is 4.02. The number of likely N-dealkylation sites (tertiary alicyclic amines) is 1. The van der Waals surface area contributed by atoms with Crippen LogP contribution < -0.4 is 16.0 Å². The second-order valence-corrected chi connectivity index (χ2v) is 7.20. The molecule has 1 saturated carbocycles. The van der Waals surface area contributed by atoms with E-state index in [0.717, 1.165) is 58.2 Å². The van der Waals surface area contributed by atoms with E-state index in [1.807, 2.05) is 4.90 Å². The molecule has 0 radical (unpaired) electrons. The van der Waals surface area contributed by atoms with E-state index < -0.39 is 0 Å². The predicted molar refractivity (Wildman–Crippen MR) is 89.2 cm³/mol. The number of carbonyl (C=O) groups is 2. The van der Waals surface area contributed by atoms with Crippen molar-refractivity contribution in [3.8, 4) is 0 Å². The van der Waals surface area contributed by atoms with Crippen molar-refractivity contribution in [3.63, 3.8) is 0 Å². The van der Waals surface area contributed by atoms with Gasteiger partial charge in [-0.2, -0.15) is 0 Å². The van der Waals surface area contributed by atoms with Crippen LogP contribution in [0.4, 0.5) is 4.79 Å². The highest BCUT2D eigenvalue weighted by Crippen LogP contribution is 2.18. The predicted octanol–water partition coefficient (Wildman–Crippen LogP) is 1.36. The van der Waals surface area contributed by atoms with E-state index in [2.05, 4.69) is 16.0 Å². The minimum absolute atomic E-state index is 0.0223. The Morgan fingerprint density at radius 3 is 2.09 bits per heavy atom. The molecule has 0 spiro atoms. The Bertz CT molecular complexity index is 409. The molecule has 130 valence electrons. The van der Waals surface area contributed by atoms with Crippen LogP contribution in [0.25, 0.3) is 0 Å². The van der Waals surface area contributed by atoms with Gasteiger partial charge in [0.2, 0.25) is 5.91 Å². The Hall–Kier alpha value is -1.30. The first-order valence-electron chi connectivity index (χ1n) is 9.31. The van der Waals surface area contributed by atoms with E-state index in [-0.39, 0.29) is 24.0 Å². The lowest BCUT2D eigenvalue weighted by atomic mass is 9.96. The van der Waals surface area contributed by atoms with Gasteiger partial charge in [-0.1, -0.05) is 19.3 Å². The molecule has 6 nitrogen and oxygen atoms in total. The minimum Gasteiger partial charge on any atom is -0.341 e. The van der Waals surface area contributed by atoms with Crippen molar-refractivity contribution in [1.29, 1.82) is 0 Å². The lowest BCUT2D eigenvalue weighted by Crippen LogP contribution is -2.53. The lowest BCUT2D eigenvalue weighted by Gasteiger charge is -2.34. The molecule has 3 fully saturated rings. The second-order valence-electron chi connectivity index (χ2n) is 7.20. The van der Waals surface area contributed by atoms with E-state index >= 15 is 0 Å². The SMILES string of the molecule is O=C(NC1CCCCC1)NC1CCN(C(=O)C2CCCN2)CC1. The summed E-state index contributed by atoms with van der Waals surface area (Å²) < 4.78 is 0. The Balaban J connectivity index is 1.36. The zero-order valence-electron chi connectivity index (χ0n) is 14.0. The van der Waals surface area contributed by atoms with Gasteiger partial charge in [-0.25, -0.2) is 4.79 Å². The van der Waals surface area contributed by atoms with Gasteiger partial charge in [-0.15, -0.1) is 0 Å². The van der Waals surface area contributed by atoms with Gasteiger partial charge in [0.25, 0.3) is 0 Å². The first kappa shape index (κ1) is 16.6. The van der Waals surface area contributed by atoms with Crippen LogP contribution >= 0.6 is 0 Å². The third-order valence-corrected chi connectivity index (χ3v) is 5.44. The Morgan fingerprint density at radius 1 is 0.826 bits per heavy atom. The molecular weight excluding hydrogens is 292 g/mol. The molecule has 3 rings (SSSR count). The van der Waals surface area contributed by atoms with Crippen LogP contribution in [0.3, 0.4) is 0 Å². The minimum atomic E-state index is -0.0286. The summed E-state index contributed by atoms with van der Waals surface area (Å²) in [6.45, 7) is 2.46. The third-order valence-electron chi connectivity index (χ3n) is 5.44. The molecule has 0 aromatic rings. The average Bonchev–Trinajstić information content (AvgIpc) is 3.10. The van der Waals surface area contributed by atoms with E-state index in [4.69, 9.17) is 0 Å². The molecule has 2 aliphatic heterocycles. The van der Waals surface area contributed by atoms with Crippen LogP contribution in [0, 0.1) is 0 Å². The normalized spacial score (nSPS) is 27.0. The number of urea groups is 1. The first-order valence-corrected chi connectivity index (χ1v) is 9.31. The molecule has 1 atom stereocenters. The van der Waals surface area contributed by atoms with Gasteiger partial charge in [0.1, 0.15) is 0 Å². The zero-order chi connectivity index (χ0) is 16.1. The maximum Gasteiger partial charge on any atom is 0.315 e. The molecule has 1 unspecified atom stereocenters. The molecule has 2 heterocycles. The Morgan fingerprint density at radius 2 is 1.48 bits per heavy atom. The second kappa shape index (κ2) is 7.99. The molecule has 23 heavy (non-hydrogen) atoms. The smallest absolute Gasteiger partial charge is 0.315 e. The van der Waals surface area contributed by atoms with E-state index in [0.29, 0.717) is 6.04 Å². The molecule has 1 aliphatic carbocycles. The molecule has 0 aromatic heterocycles. The van der Waals surface area contributed by atoms with Crippen LogP contribution in [0.1, 0.15) is 57.8 Å². The summed E-state index contributed by atoms with van der Waals surface area (Å²) in [7, 11) is 0. The molecule has 6 heteroatoms. The summed E-state index contributed by atoms with van der Waals surface area (Å²) >= 11 is 0. The number of carbonyl (C=O) groups excluding carboxylic acids is 2. The topological polar surface area (TPSA) is 73.5 Å². The van der Waals surface area contributed by atoms with Gasteiger partial charge in [0.05, 0.1) is 6.04 Å². The number of hydrogen-bond acceptors (Lipinski definition) is 3. The van der Waals surface area contributed by atoms with Gasteiger partial charge >= 0.3 is 6.03 Å². The van der Waals surface area contributed by atoms with Crippen molar-refractivity contribution < 1.29 is 9.59 Å². The number of nitrogens with one attached hydrogen (secondary N) is 3. The Kier molecular flexibility index (Phi) is 5.75. The summed E-state index contributed by atoms with van der Waals surface area (Å²) in [6, 6.07) is 0.534. The van der Waals surface area contributed by atoms with Crippen LogP contribution in [-0.4, -0.2) is 54.6 Å². The molecule has 0 aromatic carbocycles. The van der Waals surface area contributed by atoms with Crippen molar-refractivity contribution in [2.75, 3.05) is 19.6 Å². The van der Waals surface area contributed by atoms with Crippen molar-refractivity contribution in [2.24, 2.45) is 0 Å². The van der Waals surface area contributed by atoms with Gasteiger partial charge in [0, 0.05) is 25.2 Å². The number of nitrogens with zero attached hydrogens (tertiary/aromatic N) is 1. The van der Waals surface area contributed by atoms with Crippen molar-refractivity contribution >= 4 is 11.9 Å². The monoisotopic (exact) mass is 322 g/mol. The van der Waals surface area contributed by atoms with Crippen molar-refractivity contribution in [3.05, 3.63) is 0 Å². The summed E-state index contributed by atoms with van der Waals surface area (Å²) in [6.07, 6.45) is 9.72. The maximum atomic E-state index is 12.4. The Labute approximate surface area is 138 Å². The summed E-state index contributed by atoms with van der Waals surface area (Å²) in [5, 5.41) is 9.47. The standard InChI is InChI=1S/C17H30N4O2/c22-16(15-7-4-10-18-15)21-11-8-14(9-12-21)20-17(23)19-13-5-2-1-3-6-13/h13-15,18H,1-12H2,(H2,19,20,23). The zero-order valence-corrected chi connectivity index (χ0v) is 14.0. The molecule has 2 saturated heterocycles. The lowest BCUT2D eigenvalue weighted by molar-refractivity contribution is -0.134. The van der Waals surface area contributed by atoms with Crippen LogP contribution in [0.5, 0.6) is 0 Å². The van der Waals surface area contributed by atoms with Crippen molar-refractivity contribution in [2.45, 2.75) is 75.9 Å². The fourth-order valence-corrected chi connectivity index (χ4v) is 4.02. The quantitative estimate of drug-likeness (QED) is 0.734. The highest BCUT2D eigenvalue weighted by Gasteiger charge is 2.30. The molecule has 3 amide bonds. The van der Waals surface area contributed by atoms with Crippen molar-refractivity contribution in [1.82, 2.24) is 20.9 Å². The average molecular weight is 322 g/mol. The number of rotatable bonds is 3. The molecule has 3 aliphatic rings. The molecule has 0 bridgehead atoms. The summed E-state index contributed by atoms with van der Waals surface area (Å²) in [4.78, 5) is 26.4. The van der Waals surface area contributed by atoms with Gasteiger partial charge in [-0.3, -0.25) is 4.79 Å². The maximum absolute atomic E-state index is 12.4. The summed E-state index contributed by atoms with van der Waals surface area (Å²) in [5.74, 6) is 0.243.